The molecule has 0 bridgehead atoms. The maximum absolute atomic E-state index is 11.4. The third-order valence-corrected chi connectivity index (χ3v) is 4.00. The number of aromatic carboxylic acids is 1. The third-order valence-electron chi connectivity index (χ3n) is 2.45. The van der Waals surface area contributed by atoms with Gasteiger partial charge in [0.15, 0.2) is 15.5 Å². The molecular formula is C8H10N2O4S. The zero-order valence-corrected chi connectivity index (χ0v) is 8.91. The molecule has 6 nitrogen and oxygen atoms in total. The van der Waals surface area contributed by atoms with Crippen molar-refractivity contribution in [3.05, 3.63) is 17.0 Å². The molecule has 0 amide bonds. The topological polar surface area (TPSA) is 89.3 Å². The van der Waals surface area contributed by atoms with Crippen LogP contribution in [-0.4, -0.2) is 35.0 Å². The molecule has 15 heavy (non-hydrogen) atoms. The first-order valence-corrected chi connectivity index (χ1v) is 6.21. The molecule has 1 aliphatic heterocycles. The summed E-state index contributed by atoms with van der Waals surface area (Å²) in [6.07, 6.45) is 0.304. The van der Waals surface area contributed by atoms with Gasteiger partial charge in [-0.1, -0.05) is 0 Å². The second kappa shape index (κ2) is 3.06. The van der Waals surface area contributed by atoms with Crippen LogP contribution in [-0.2, 0) is 29.1 Å². The fraction of sp³-hybridized carbons (Fsp3) is 0.500. The van der Waals surface area contributed by atoms with E-state index in [9.17, 15) is 13.2 Å². The van der Waals surface area contributed by atoms with Crippen LogP contribution in [0, 0.1) is 0 Å². The fourth-order valence-corrected chi connectivity index (χ4v) is 3.18. The average Bonchev–Trinajstić information content (AvgIpc) is 2.38. The molecule has 1 aromatic heterocycles. The summed E-state index contributed by atoms with van der Waals surface area (Å²) in [4.78, 5) is 10.9. The molecule has 0 unspecified atom stereocenters. The standard InChI is InChI=1S/C8H10N2O4S/c1-10-7(8(11)12)5-4-15(13,14)3-2-6(5)9-10/h2-4H2,1H3,(H,11,12). The van der Waals surface area contributed by atoms with Crippen molar-refractivity contribution in [2.45, 2.75) is 12.2 Å². The minimum Gasteiger partial charge on any atom is -0.477 e. The molecule has 0 spiro atoms. The number of fused-ring (bicyclic) bond motifs is 1. The van der Waals surface area contributed by atoms with E-state index in [1.54, 1.807) is 0 Å². The van der Waals surface area contributed by atoms with Crippen LogP contribution in [0.3, 0.4) is 0 Å². The fourth-order valence-electron chi connectivity index (χ4n) is 1.79. The number of hydrogen-bond donors (Lipinski definition) is 1. The van der Waals surface area contributed by atoms with Crippen molar-refractivity contribution in [2.24, 2.45) is 7.05 Å². The zero-order chi connectivity index (χ0) is 11.2. The molecule has 1 N–H and O–H groups in total. The lowest BCUT2D eigenvalue weighted by molar-refractivity contribution is 0.0684. The van der Waals surface area contributed by atoms with Gasteiger partial charge in [-0.15, -0.1) is 0 Å². The summed E-state index contributed by atoms with van der Waals surface area (Å²) in [5.74, 6) is -1.29. The molecule has 0 aliphatic carbocycles. The zero-order valence-electron chi connectivity index (χ0n) is 8.10. The Morgan fingerprint density at radius 2 is 2.20 bits per heavy atom. The van der Waals surface area contributed by atoms with Crippen molar-refractivity contribution in [3.8, 4) is 0 Å². The minimum atomic E-state index is -3.16. The normalized spacial score (nSPS) is 18.5. The van der Waals surface area contributed by atoms with Gasteiger partial charge in [-0.3, -0.25) is 4.68 Å². The van der Waals surface area contributed by atoms with E-state index in [4.69, 9.17) is 5.11 Å². The quantitative estimate of drug-likeness (QED) is 0.708. The van der Waals surface area contributed by atoms with Gasteiger partial charge in [0.05, 0.1) is 17.2 Å². The number of rotatable bonds is 1. The van der Waals surface area contributed by atoms with Crippen molar-refractivity contribution < 1.29 is 18.3 Å². The van der Waals surface area contributed by atoms with Crippen LogP contribution in [0.25, 0.3) is 0 Å². The molecule has 0 radical (unpaired) electrons. The van der Waals surface area contributed by atoms with E-state index in [2.05, 4.69) is 5.10 Å². The van der Waals surface area contributed by atoms with Gasteiger partial charge >= 0.3 is 5.97 Å². The van der Waals surface area contributed by atoms with Gasteiger partial charge in [-0.2, -0.15) is 5.10 Å². The van der Waals surface area contributed by atoms with Crippen molar-refractivity contribution >= 4 is 15.8 Å². The molecule has 0 fully saturated rings. The third kappa shape index (κ3) is 1.63. The van der Waals surface area contributed by atoms with Crippen LogP contribution in [0.5, 0.6) is 0 Å². The van der Waals surface area contributed by atoms with E-state index < -0.39 is 15.8 Å². The lowest BCUT2D eigenvalue weighted by Crippen LogP contribution is -2.20. The van der Waals surface area contributed by atoms with Gasteiger partial charge in [0, 0.05) is 19.0 Å². The van der Waals surface area contributed by atoms with Crippen LogP contribution < -0.4 is 0 Å². The number of carboxylic acid groups (broad SMARTS) is 1. The summed E-state index contributed by atoms with van der Waals surface area (Å²) in [5.41, 5.74) is 0.911. The predicted molar refractivity (Wildman–Crippen MR) is 51.4 cm³/mol. The second-order valence-corrected chi connectivity index (χ2v) is 5.73. The Labute approximate surface area is 86.4 Å². The Bertz CT molecular complexity index is 529. The second-order valence-electron chi connectivity index (χ2n) is 3.54. The van der Waals surface area contributed by atoms with Gasteiger partial charge in [-0.25, -0.2) is 13.2 Å². The van der Waals surface area contributed by atoms with E-state index >= 15 is 0 Å². The van der Waals surface area contributed by atoms with E-state index in [0.29, 0.717) is 17.7 Å². The van der Waals surface area contributed by atoms with Gasteiger partial charge in [0.1, 0.15) is 0 Å². The summed E-state index contributed by atoms with van der Waals surface area (Å²) in [7, 11) is -1.65. The van der Waals surface area contributed by atoms with Gasteiger partial charge in [-0.05, 0) is 0 Å². The van der Waals surface area contributed by atoms with Crippen LogP contribution in [0.15, 0.2) is 0 Å². The Kier molecular flexibility index (Phi) is 2.07. The molecule has 82 valence electrons. The highest BCUT2D eigenvalue weighted by Gasteiger charge is 2.30. The van der Waals surface area contributed by atoms with Crippen molar-refractivity contribution in [3.63, 3.8) is 0 Å². The summed E-state index contributed by atoms with van der Waals surface area (Å²) in [5, 5.41) is 12.9. The molecule has 2 heterocycles. The molecule has 1 aliphatic rings. The number of aryl methyl sites for hydroxylation is 2. The van der Waals surface area contributed by atoms with Crippen LogP contribution in [0.1, 0.15) is 21.7 Å². The van der Waals surface area contributed by atoms with Crippen LogP contribution in [0.2, 0.25) is 0 Å². The highest BCUT2D eigenvalue weighted by molar-refractivity contribution is 7.90. The summed E-state index contributed by atoms with van der Waals surface area (Å²) >= 11 is 0. The number of hydrogen-bond acceptors (Lipinski definition) is 4. The molecular weight excluding hydrogens is 220 g/mol. The molecule has 0 saturated heterocycles. The SMILES string of the molecule is Cn1nc2c(c1C(=O)O)CS(=O)(=O)CC2. The first-order chi connectivity index (χ1) is 6.91. The molecule has 0 aromatic carbocycles. The maximum atomic E-state index is 11.4. The number of sulfone groups is 1. The summed E-state index contributed by atoms with van der Waals surface area (Å²) < 4.78 is 24.0. The highest BCUT2D eigenvalue weighted by atomic mass is 32.2. The Hall–Kier alpha value is -1.37. The van der Waals surface area contributed by atoms with Gasteiger partial charge in [0.2, 0.25) is 0 Å². The lowest BCUT2D eigenvalue weighted by atomic mass is 10.1. The number of carboxylic acids is 1. The van der Waals surface area contributed by atoms with E-state index in [1.165, 1.54) is 11.7 Å². The maximum Gasteiger partial charge on any atom is 0.354 e. The smallest absolute Gasteiger partial charge is 0.354 e. The monoisotopic (exact) mass is 230 g/mol. The Balaban J connectivity index is 2.61. The van der Waals surface area contributed by atoms with Crippen molar-refractivity contribution in [2.75, 3.05) is 5.75 Å². The summed E-state index contributed by atoms with van der Waals surface area (Å²) in [6.45, 7) is 0. The molecule has 1 aromatic rings. The largest absolute Gasteiger partial charge is 0.477 e. The van der Waals surface area contributed by atoms with Crippen LogP contribution in [0.4, 0.5) is 0 Å². The minimum absolute atomic E-state index is 0.0201. The first kappa shape index (κ1) is 10.2. The van der Waals surface area contributed by atoms with E-state index in [0.717, 1.165) is 0 Å². The molecule has 2 rings (SSSR count). The number of nitrogens with zero attached hydrogens (tertiary/aromatic N) is 2. The van der Waals surface area contributed by atoms with Crippen LogP contribution >= 0.6 is 0 Å². The molecule has 0 saturated carbocycles. The highest BCUT2D eigenvalue weighted by Crippen LogP contribution is 2.23. The average molecular weight is 230 g/mol. The first-order valence-electron chi connectivity index (χ1n) is 4.39. The number of carbonyl (C=O) groups is 1. The molecule has 0 atom stereocenters. The Morgan fingerprint density at radius 3 is 2.80 bits per heavy atom. The lowest BCUT2D eigenvalue weighted by Gasteiger charge is -2.10. The van der Waals surface area contributed by atoms with E-state index in [1.807, 2.05) is 0 Å². The van der Waals surface area contributed by atoms with Crippen molar-refractivity contribution in [1.29, 1.82) is 0 Å². The molecule has 7 heteroatoms. The van der Waals surface area contributed by atoms with Gasteiger partial charge < -0.3 is 5.11 Å². The predicted octanol–water partition coefficient (Wildman–Crippen LogP) is -0.411. The number of aromatic nitrogens is 2. The van der Waals surface area contributed by atoms with Gasteiger partial charge in [0.25, 0.3) is 0 Å². The van der Waals surface area contributed by atoms with Crippen molar-refractivity contribution in [1.82, 2.24) is 9.78 Å². The summed E-state index contributed by atoms with van der Waals surface area (Å²) in [6, 6.07) is 0. The van der Waals surface area contributed by atoms with E-state index in [-0.39, 0.29) is 17.2 Å². The Morgan fingerprint density at radius 1 is 1.53 bits per heavy atom.